The molecule has 0 saturated carbocycles. The van der Waals surface area contributed by atoms with Gasteiger partial charge in [-0.3, -0.25) is 0 Å². The quantitative estimate of drug-likeness (QED) is 0.751. The predicted octanol–water partition coefficient (Wildman–Crippen LogP) is 3.15. The van der Waals surface area contributed by atoms with Gasteiger partial charge in [-0.2, -0.15) is 0 Å². The Kier molecular flexibility index (Phi) is 4.01. The highest BCUT2D eigenvalue weighted by molar-refractivity contribution is 6.74. The minimum atomic E-state index is -1.53. The van der Waals surface area contributed by atoms with Gasteiger partial charge >= 0.3 is 0 Å². The molecule has 0 amide bonds. The van der Waals surface area contributed by atoms with E-state index in [1.165, 1.54) is 12.8 Å². The van der Waals surface area contributed by atoms with Crippen molar-refractivity contribution in [1.29, 1.82) is 0 Å². The van der Waals surface area contributed by atoms with Crippen molar-refractivity contribution in [3.63, 3.8) is 0 Å². The van der Waals surface area contributed by atoms with Gasteiger partial charge in [-0.25, -0.2) is 0 Å². The van der Waals surface area contributed by atoms with Gasteiger partial charge in [-0.1, -0.05) is 20.8 Å². The lowest BCUT2D eigenvalue weighted by Gasteiger charge is -2.37. The van der Waals surface area contributed by atoms with Crippen LogP contribution in [0.5, 0.6) is 0 Å². The Bertz CT molecular complexity index is 210. The molecule has 1 N–H and O–H groups in total. The van der Waals surface area contributed by atoms with Crippen molar-refractivity contribution in [2.75, 3.05) is 6.61 Å². The topological polar surface area (TPSA) is 21.3 Å². The summed E-state index contributed by atoms with van der Waals surface area (Å²) < 4.78 is 6.20. The van der Waals surface area contributed by atoms with Crippen LogP contribution in [-0.4, -0.2) is 27.0 Å². The van der Waals surface area contributed by atoms with Crippen molar-refractivity contribution >= 4 is 8.32 Å². The van der Waals surface area contributed by atoms with Crippen molar-refractivity contribution < 1.29 is 4.43 Å². The summed E-state index contributed by atoms with van der Waals surface area (Å²) in [5.41, 5.74) is 0. The molecule has 0 aliphatic carbocycles. The molecule has 1 saturated heterocycles. The number of nitrogens with one attached hydrogen (secondary N) is 1. The zero-order valence-corrected chi connectivity index (χ0v) is 12.2. The van der Waals surface area contributed by atoms with E-state index in [0.29, 0.717) is 17.1 Å². The summed E-state index contributed by atoms with van der Waals surface area (Å²) >= 11 is 0. The first-order valence-electron chi connectivity index (χ1n) is 6.12. The first kappa shape index (κ1) is 13.2. The third-order valence-electron chi connectivity index (χ3n) is 3.92. The molecule has 2 atom stereocenters. The van der Waals surface area contributed by atoms with Crippen molar-refractivity contribution in [1.82, 2.24) is 5.32 Å². The van der Waals surface area contributed by atoms with Crippen LogP contribution < -0.4 is 5.32 Å². The molecule has 0 radical (unpaired) electrons. The SMILES string of the molecule is C[C@@H]1CC[C@@H](CO[Si](C)(C)C(C)(C)C)N1. The van der Waals surface area contributed by atoms with Gasteiger partial charge < -0.3 is 9.74 Å². The van der Waals surface area contributed by atoms with Crippen molar-refractivity contribution in [3.8, 4) is 0 Å². The zero-order chi connectivity index (χ0) is 11.7. The van der Waals surface area contributed by atoms with Gasteiger partial charge in [0.15, 0.2) is 8.32 Å². The van der Waals surface area contributed by atoms with Crippen LogP contribution in [0.25, 0.3) is 0 Å². The Hall–Kier alpha value is 0.137. The van der Waals surface area contributed by atoms with Gasteiger partial charge in [0.1, 0.15) is 0 Å². The van der Waals surface area contributed by atoms with Gasteiger partial charge in [-0.05, 0) is 37.9 Å². The molecule has 0 bridgehead atoms. The Morgan fingerprint density at radius 1 is 1.27 bits per heavy atom. The van der Waals surface area contributed by atoms with Crippen LogP contribution in [0.3, 0.4) is 0 Å². The highest BCUT2D eigenvalue weighted by Crippen LogP contribution is 2.36. The molecule has 1 fully saturated rings. The van der Waals surface area contributed by atoms with Crippen LogP contribution in [0.2, 0.25) is 18.1 Å². The summed E-state index contributed by atoms with van der Waals surface area (Å²) in [7, 11) is -1.53. The Balaban J connectivity index is 2.36. The molecule has 0 unspecified atom stereocenters. The first-order chi connectivity index (χ1) is 6.72. The van der Waals surface area contributed by atoms with Crippen LogP contribution in [0, 0.1) is 0 Å². The predicted molar refractivity (Wildman–Crippen MR) is 68.8 cm³/mol. The molecular weight excluding hydrogens is 202 g/mol. The fourth-order valence-corrected chi connectivity index (χ4v) is 2.73. The fourth-order valence-electron chi connectivity index (χ4n) is 1.68. The molecule has 0 aromatic heterocycles. The molecule has 1 rings (SSSR count). The molecule has 0 aromatic carbocycles. The summed E-state index contributed by atoms with van der Waals surface area (Å²) in [6.45, 7) is 14.7. The standard InChI is InChI=1S/C12H27NOSi/c1-10-7-8-11(13-10)9-14-15(5,6)12(2,3)4/h10-11,13H,7-9H2,1-6H3/t10-,11+/m1/s1. The molecular formula is C12H27NOSi. The van der Waals surface area contributed by atoms with E-state index in [1.54, 1.807) is 0 Å². The summed E-state index contributed by atoms with van der Waals surface area (Å²) in [4.78, 5) is 0. The monoisotopic (exact) mass is 229 g/mol. The van der Waals surface area contributed by atoms with Gasteiger partial charge in [0.05, 0.1) is 0 Å². The average Bonchev–Trinajstić information content (AvgIpc) is 2.46. The van der Waals surface area contributed by atoms with Crippen LogP contribution >= 0.6 is 0 Å². The third kappa shape index (κ3) is 3.57. The van der Waals surface area contributed by atoms with E-state index in [1.807, 2.05) is 0 Å². The van der Waals surface area contributed by atoms with Gasteiger partial charge in [-0.15, -0.1) is 0 Å². The highest BCUT2D eigenvalue weighted by Gasteiger charge is 2.37. The van der Waals surface area contributed by atoms with E-state index in [-0.39, 0.29) is 0 Å². The summed E-state index contributed by atoms with van der Waals surface area (Å²) in [5, 5.41) is 3.91. The van der Waals surface area contributed by atoms with E-state index < -0.39 is 8.32 Å². The third-order valence-corrected chi connectivity index (χ3v) is 8.42. The number of hydrogen-bond acceptors (Lipinski definition) is 2. The lowest BCUT2D eigenvalue weighted by molar-refractivity contribution is 0.251. The second-order valence-corrected chi connectivity index (χ2v) is 11.2. The normalized spacial score (nSPS) is 28.4. The van der Waals surface area contributed by atoms with E-state index in [9.17, 15) is 0 Å². The molecule has 0 aromatic rings. The second-order valence-electron chi connectivity index (χ2n) is 6.41. The average molecular weight is 229 g/mol. The van der Waals surface area contributed by atoms with Gasteiger partial charge in [0, 0.05) is 18.7 Å². The van der Waals surface area contributed by atoms with E-state index in [0.717, 1.165) is 6.61 Å². The maximum atomic E-state index is 6.20. The fraction of sp³-hybridized carbons (Fsp3) is 1.00. The van der Waals surface area contributed by atoms with Crippen molar-refractivity contribution in [2.24, 2.45) is 0 Å². The summed E-state index contributed by atoms with van der Waals surface area (Å²) in [6.07, 6.45) is 2.57. The van der Waals surface area contributed by atoms with Crippen molar-refractivity contribution in [3.05, 3.63) is 0 Å². The summed E-state index contributed by atoms with van der Waals surface area (Å²) in [6, 6.07) is 1.27. The van der Waals surface area contributed by atoms with E-state index in [4.69, 9.17) is 4.43 Å². The molecule has 1 heterocycles. The van der Waals surface area contributed by atoms with Crippen molar-refractivity contribution in [2.45, 2.75) is 70.8 Å². The summed E-state index contributed by atoms with van der Waals surface area (Å²) in [5.74, 6) is 0. The van der Waals surface area contributed by atoms with Crippen LogP contribution in [0.4, 0.5) is 0 Å². The van der Waals surface area contributed by atoms with Crippen LogP contribution in [0.1, 0.15) is 40.5 Å². The van der Waals surface area contributed by atoms with Crippen LogP contribution in [0.15, 0.2) is 0 Å². The Morgan fingerprint density at radius 2 is 1.87 bits per heavy atom. The van der Waals surface area contributed by atoms with E-state index in [2.05, 4.69) is 46.1 Å². The minimum Gasteiger partial charge on any atom is -0.415 e. The Labute approximate surface area is 95.9 Å². The smallest absolute Gasteiger partial charge is 0.192 e. The molecule has 90 valence electrons. The maximum Gasteiger partial charge on any atom is 0.192 e. The van der Waals surface area contributed by atoms with Gasteiger partial charge in [0.2, 0.25) is 0 Å². The number of rotatable bonds is 3. The minimum absolute atomic E-state index is 0.331. The van der Waals surface area contributed by atoms with Gasteiger partial charge in [0.25, 0.3) is 0 Å². The highest BCUT2D eigenvalue weighted by atomic mass is 28.4. The molecule has 2 nitrogen and oxygen atoms in total. The largest absolute Gasteiger partial charge is 0.415 e. The number of hydrogen-bond donors (Lipinski definition) is 1. The molecule has 1 aliphatic rings. The van der Waals surface area contributed by atoms with Crippen LogP contribution in [-0.2, 0) is 4.43 Å². The second kappa shape index (κ2) is 4.56. The molecule has 15 heavy (non-hydrogen) atoms. The molecule has 3 heteroatoms. The lowest BCUT2D eigenvalue weighted by Crippen LogP contribution is -2.44. The first-order valence-corrected chi connectivity index (χ1v) is 9.03. The molecule has 1 aliphatic heterocycles. The molecule has 0 spiro atoms. The lowest BCUT2D eigenvalue weighted by atomic mass is 10.2. The Morgan fingerprint density at radius 3 is 2.27 bits per heavy atom. The van der Waals surface area contributed by atoms with E-state index >= 15 is 0 Å². The zero-order valence-electron chi connectivity index (χ0n) is 11.2. The maximum absolute atomic E-state index is 6.20.